The zero-order chi connectivity index (χ0) is 13.0. The topological polar surface area (TPSA) is 88.0 Å². The zero-order valence-electron chi connectivity index (χ0n) is 10.4. The molecule has 1 unspecified atom stereocenters. The van der Waals surface area contributed by atoms with Crippen molar-refractivity contribution in [3.05, 3.63) is 33.7 Å². The maximum Gasteiger partial charge on any atom is 0.248 e. The maximum atomic E-state index is 11.3. The van der Waals surface area contributed by atoms with E-state index in [1.165, 1.54) is 5.56 Å². The third-order valence-corrected chi connectivity index (χ3v) is 3.32. The summed E-state index contributed by atoms with van der Waals surface area (Å²) in [5.74, 6) is -0.259. The van der Waals surface area contributed by atoms with E-state index in [2.05, 4.69) is 10.3 Å². The molecule has 0 aromatic carbocycles. The summed E-state index contributed by atoms with van der Waals surface area (Å²) in [6.45, 7) is 0.770. The Morgan fingerprint density at radius 3 is 3.11 bits per heavy atom. The average molecular weight is 249 g/mol. The van der Waals surface area contributed by atoms with Crippen LogP contribution in [0.15, 0.2) is 16.9 Å². The first-order valence-electron chi connectivity index (χ1n) is 6.40. The average Bonchev–Trinajstić information content (AvgIpc) is 2.34. The van der Waals surface area contributed by atoms with E-state index in [1.807, 2.05) is 6.07 Å². The first-order chi connectivity index (χ1) is 8.66. The van der Waals surface area contributed by atoms with Gasteiger partial charge in [-0.05, 0) is 37.8 Å². The van der Waals surface area contributed by atoms with Crippen LogP contribution in [0.3, 0.4) is 0 Å². The summed E-state index contributed by atoms with van der Waals surface area (Å²) in [7, 11) is 0. The van der Waals surface area contributed by atoms with Crippen molar-refractivity contribution < 1.29 is 4.79 Å². The Balaban J connectivity index is 1.95. The summed E-state index contributed by atoms with van der Waals surface area (Å²) in [6, 6.07) is 3.75. The van der Waals surface area contributed by atoms with Gasteiger partial charge in [0.15, 0.2) is 0 Å². The SMILES string of the molecule is NC(=O)CCCNC1CCCc2[nH]c(=O)ccc21. The van der Waals surface area contributed by atoms with Crippen LogP contribution in [0.25, 0.3) is 0 Å². The summed E-state index contributed by atoms with van der Waals surface area (Å²) >= 11 is 0. The molecule has 18 heavy (non-hydrogen) atoms. The summed E-state index contributed by atoms with van der Waals surface area (Å²) in [4.78, 5) is 24.8. The number of pyridine rings is 1. The fourth-order valence-corrected chi connectivity index (χ4v) is 2.45. The van der Waals surface area contributed by atoms with Gasteiger partial charge in [0.1, 0.15) is 0 Å². The lowest BCUT2D eigenvalue weighted by molar-refractivity contribution is -0.118. The van der Waals surface area contributed by atoms with Gasteiger partial charge in [0.25, 0.3) is 0 Å². The molecule has 1 atom stereocenters. The van der Waals surface area contributed by atoms with Crippen LogP contribution < -0.4 is 16.6 Å². The van der Waals surface area contributed by atoms with Gasteiger partial charge in [0.05, 0.1) is 0 Å². The molecule has 1 amide bonds. The molecule has 2 rings (SSSR count). The van der Waals surface area contributed by atoms with Crippen LogP contribution in [0.5, 0.6) is 0 Å². The first kappa shape index (κ1) is 12.8. The molecular weight excluding hydrogens is 230 g/mol. The smallest absolute Gasteiger partial charge is 0.248 e. The number of carbonyl (C=O) groups excluding carboxylic acids is 1. The summed E-state index contributed by atoms with van der Waals surface area (Å²) in [5, 5.41) is 3.42. The van der Waals surface area contributed by atoms with Crippen molar-refractivity contribution in [1.82, 2.24) is 10.3 Å². The minimum Gasteiger partial charge on any atom is -0.370 e. The third kappa shape index (κ3) is 3.20. The van der Waals surface area contributed by atoms with Crippen molar-refractivity contribution in [2.75, 3.05) is 6.54 Å². The fraction of sp³-hybridized carbons (Fsp3) is 0.538. The number of nitrogens with two attached hydrogens (primary N) is 1. The molecule has 1 aromatic heterocycles. The molecule has 1 aliphatic carbocycles. The summed E-state index contributed by atoms with van der Waals surface area (Å²) in [6.07, 6.45) is 4.24. The number of primary amides is 1. The van der Waals surface area contributed by atoms with Crippen LogP contribution in [0.2, 0.25) is 0 Å². The van der Waals surface area contributed by atoms with Gasteiger partial charge in [-0.2, -0.15) is 0 Å². The second-order valence-corrected chi connectivity index (χ2v) is 4.73. The Bertz CT molecular complexity index is 481. The highest BCUT2D eigenvalue weighted by Gasteiger charge is 2.19. The molecule has 0 radical (unpaired) electrons. The molecular formula is C13H19N3O2. The maximum absolute atomic E-state index is 11.3. The third-order valence-electron chi connectivity index (χ3n) is 3.32. The monoisotopic (exact) mass is 249 g/mol. The minimum absolute atomic E-state index is 0.0388. The van der Waals surface area contributed by atoms with Crippen molar-refractivity contribution in [2.24, 2.45) is 5.73 Å². The number of carbonyl (C=O) groups is 1. The largest absolute Gasteiger partial charge is 0.370 e. The molecule has 0 aliphatic heterocycles. The number of aromatic nitrogens is 1. The van der Waals surface area contributed by atoms with Crippen LogP contribution in [0.1, 0.15) is 43.0 Å². The number of hydrogen-bond acceptors (Lipinski definition) is 3. The normalized spacial score (nSPS) is 18.3. The molecule has 0 bridgehead atoms. The number of amides is 1. The highest BCUT2D eigenvalue weighted by Crippen LogP contribution is 2.27. The fourth-order valence-electron chi connectivity index (χ4n) is 2.45. The molecule has 4 N–H and O–H groups in total. The lowest BCUT2D eigenvalue weighted by Crippen LogP contribution is -2.28. The van der Waals surface area contributed by atoms with Crippen molar-refractivity contribution in [1.29, 1.82) is 0 Å². The highest BCUT2D eigenvalue weighted by atomic mass is 16.1. The quantitative estimate of drug-likeness (QED) is 0.668. The molecule has 0 fully saturated rings. The Kier molecular flexibility index (Phi) is 4.15. The number of aryl methyl sites for hydroxylation is 1. The molecule has 5 nitrogen and oxygen atoms in total. The van der Waals surface area contributed by atoms with E-state index in [4.69, 9.17) is 5.73 Å². The van der Waals surface area contributed by atoms with Crippen LogP contribution in [0.4, 0.5) is 0 Å². The number of rotatable bonds is 5. The number of hydrogen-bond donors (Lipinski definition) is 3. The Hall–Kier alpha value is -1.62. The number of nitrogens with one attached hydrogen (secondary N) is 2. The van der Waals surface area contributed by atoms with E-state index in [-0.39, 0.29) is 17.5 Å². The van der Waals surface area contributed by atoms with E-state index < -0.39 is 0 Å². The second kappa shape index (κ2) is 5.82. The molecule has 1 aliphatic rings. The Morgan fingerprint density at radius 2 is 2.33 bits per heavy atom. The van der Waals surface area contributed by atoms with Crippen molar-refractivity contribution >= 4 is 5.91 Å². The second-order valence-electron chi connectivity index (χ2n) is 4.73. The van der Waals surface area contributed by atoms with Crippen molar-refractivity contribution in [3.8, 4) is 0 Å². The van der Waals surface area contributed by atoms with E-state index in [0.717, 1.165) is 37.9 Å². The van der Waals surface area contributed by atoms with Gasteiger partial charge in [-0.15, -0.1) is 0 Å². The van der Waals surface area contributed by atoms with Crippen LogP contribution in [0, 0.1) is 0 Å². The lowest BCUT2D eigenvalue weighted by Gasteiger charge is -2.25. The van der Waals surface area contributed by atoms with Gasteiger partial charge in [0.2, 0.25) is 11.5 Å². The molecule has 98 valence electrons. The Morgan fingerprint density at radius 1 is 1.50 bits per heavy atom. The molecule has 0 spiro atoms. The standard InChI is InChI=1S/C13H19N3O2/c14-12(17)5-2-8-15-10-3-1-4-11-9(10)6-7-13(18)16-11/h6-7,10,15H,1-5,8H2,(H2,14,17)(H,16,18). The van der Waals surface area contributed by atoms with Gasteiger partial charge in [-0.3, -0.25) is 9.59 Å². The van der Waals surface area contributed by atoms with Gasteiger partial charge in [-0.25, -0.2) is 0 Å². The number of H-pyrrole nitrogens is 1. The highest BCUT2D eigenvalue weighted by molar-refractivity contribution is 5.73. The predicted octanol–water partition coefficient (Wildman–Crippen LogP) is 0.607. The first-order valence-corrected chi connectivity index (χ1v) is 6.40. The van der Waals surface area contributed by atoms with Gasteiger partial charge < -0.3 is 16.0 Å². The molecule has 1 heterocycles. The number of aromatic amines is 1. The van der Waals surface area contributed by atoms with Crippen LogP contribution in [-0.4, -0.2) is 17.4 Å². The van der Waals surface area contributed by atoms with Crippen molar-refractivity contribution in [2.45, 2.75) is 38.1 Å². The zero-order valence-corrected chi connectivity index (χ0v) is 10.4. The van der Waals surface area contributed by atoms with E-state index in [1.54, 1.807) is 6.07 Å². The van der Waals surface area contributed by atoms with Crippen molar-refractivity contribution in [3.63, 3.8) is 0 Å². The van der Waals surface area contributed by atoms with E-state index in [0.29, 0.717) is 6.42 Å². The van der Waals surface area contributed by atoms with Crippen LogP contribution >= 0.6 is 0 Å². The molecule has 0 saturated heterocycles. The minimum atomic E-state index is -0.259. The van der Waals surface area contributed by atoms with Gasteiger partial charge in [-0.1, -0.05) is 6.07 Å². The number of fused-ring (bicyclic) bond motifs is 1. The van der Waals surface area contributed by atoms with Gasteiger partial charge in [0, 0.05) is 24.2 Å². The Labute approximate surface area is 106 Å². The summed E-state index contributed by atoms with van der Waals surface area (Å²) in [5.41, 5.74) is 7.28. The van der Waals surface area contributed by atoms with Crippen LogP contribution in [-0.2, 0) is 11.2 Å². The molecule has 5 heteroatoms. The van der Waals surface area contributed by atoms with E-state index in [9.17, 15) is 9.59 Å². The summed E-state index contributed by atoms with van der Waals surface area (Å²) < 4.78 is 0. The molecule has 1 aromatic rings. The predicted molar refractivity (Wildman–Crippen MR) is 69.2 cm³/mol. The molecule has 0 saturated carbocycles. The lowest BCUT2D eigenvalue weighted by atomic mass is 9.91. The van der Waals surface area contributed by atoms with E-state index >= 15 is 0 Å². The van der Waals surface area contributed by atoms with Gasteiger partial charge >= 0.3 is 0 Å².